The van der Waals surface area contributed by atoms with Gasteiger partial charge in [0.05, 0.1) is 0 Å². The summed E-state index contributed by atoms with van der Waals surface area (Å²) in [5.41, 5.74) is 4.16. The molecule has 0 spiro atoms. The normalized spacial score (nSPS) is 20.2. The minimum Gasteiger partial charge on any atom is -0.346 e. The van der Waals surface area contributed by atoms with E-state index in [-0.39, 0.29) is 0 Å². The van der Waals surface area contributed by atoms with Crippen molar-refractivity contribution in [3.8, 4) is 0 Å². The van der Waals surface area contributed by atoms with Crippen LogP contribution in [0.1, 0.15) is 30.5 Å². The van der Waals surface area contributed by atoms with Crippen LogP contribution in [-0.4, -0.2) is 35.6 Å². The monoisotopic (exact) mass is 285 g/mol. The highest BCUT2D eigenvalue weighted by molar-refractivity contribution is 5.85. The molecule has 3 rings (SSSR count). The van der Waals surface area contributed by atoms with Gasteiger partial charge in [-0.3, -0.25) is 0 Å². The molecule has 1 unspecified atom stereocenters. The van der Waals surface area contributed by atoms with Crippen LogP contribution in [0, 0.1) is 6.92 Å². The maximum atomic E-state index is 3.68. The van der Waals surface area contributed by atoms with Gasteiger partial charge < -0.3 is 14.8 Å². The quantitative estimate of drug-likeness (QED) is 0.931. The third kappa shape index (κ3) is 2.85. The van der Waals surface area contributed by atoms with Crippen molar-refractivity contribution in [3.63, 3.8) is 0 Å². The highest BCUT2D eigenvalue weighted by Gasteiger charge is 2.18. The smallest absolute Gasteiger partial charge is 0.0483 e. The summed E-state index contributed by atoms with van der Waals surface area (Å²) in [6.45, 7) is 5.55. The lowest BCUT2D eigenvalue weighted by Gasteiger charge is -2.32. The van der Waals surface area contributed by atoms with Gasteiger partial charge in [-0.1, -0.05) is 24.6 Å². The van der Waals surface area contributed by atoms with E-state index in [9.17, 15) is 0 Å². The number of aryl methyl sites for hydroxylation is 2. The van der Waals surface area contributed by atoms with Gasteiger partial charge in [-0.15, -0.1) is 0 Å². The number of nitrogens with zero attached hydrogens (tertiary/aromatic N) is 2. The van der Waals surface area contributed by atoms with Crippen molar-refractivity contribution in [2.24, 2.45) is 7.05 Å². The molecule has 1 aromatic carbocycles. The average Bonchev–Trinajstić information content (AvgIpc) is 2.74. The van der Waals surface area contributed by atoms with Gasteiger partial charge in [-0.05, 0) is 45.0 Å². The second kappa shape index (κ2) is 6.20. The summed E-state index contributed by atoms with van der Waals surface area (Å²) >= 11 is 0. The highest BCUT2D eigenvalue weighted by Crippen LogP contribution is 2.24. The highest BCUT2D eigenvalue weighted by atomic mass is 15.2. The van der Waals surface area contributed by atoms with Crippen LogP contribution >= 0.6 is 0 Å². The fraction of sp³-hybridized carbons (Fsp3) is 0.556. The molecule has 1 fully saturated rings. The maximum Gasteiger partial charge on any atom is 0.0483 e. The van der Waals surface area contributed by atoms with E-state index < -0.39 is 0 Å². The van der Waals surface area contributed by atoms with Crippen molar-refractivity contribution in [2.45, 2.75) is 38.8 Å². The van der Waals surface area contributed by atoms with Gasteiger partial charge in [-0.25, -0.2) is 0 Å². The topological polar surface area (TPSA) is 20.2 Å². The second-order valence-corrected chi connectivity index (χ2v) is 6.41. The predicted molar refractivity (Wildman–Crippen MR) is 89.6 cm³/mol. The number of likely N-dealkylation sites (tertiary alicyclic amines) is 1. The van der Waals surface area contributed by atoms with Gasteiger partial charge in [0, 0.05) is 42.8 Å². The molecule has 3 nitrogen and oxygen atoms in total. The molecule has 0 amide bonds. The minimum absolute atomic E-state index is 0.703. The zero-order valence-corrected chi connectivity index (χ0v) is 13.5. The minimum atomic E-state index is 0.703. The Kier molecular flexibility index (Phi) is 4.32. The molecule has 1 aliphatic rings. The number of para-hydroxylation sites is 1. The molecule has 114 valence electrons. The van der Waals surface area contributed by atoms with Gasteiger partial charge in [-0.2, -0.15) is 0 Å². The summed E-state index contributed by atoms with van der Waals surface area (Å²) in [6, 6.07) is 9.39. The number of benzene rings is 1. The van der Waals surface area contributed by atoms with Crippen molar-refractivity contribution in [1.29, 1.82) is 0 Å². The molecule has 1 aromatic heterocycles. The standard InChI is InChI=1S/C18H27N3/c1-14-16-9-4-5-10-17(16)21(3)18(14)13-19-12-15-8-6-7-11-20(15)2/h4-5,9-10,15,19H,6-8,11-13H2,1-3H3. The Morgan fingerprint density at radius 2 is 2.00 bits per heavy atom. The summed E-state index contributed by atoms with van der Waals surface area (Å²) in [5.74, 6) is 0. The lowest BCUT2D eigenvalue weighted by atomic mass is 10.0. The first-order chi connectivity index (χ1) is 10.2. The summed E-state index contributed by atoms with van der Waals surface area (Å²) < 4.78 is 2.34. The van der Waals surface area contributed by atoms with Gasteiger partial charge in [0.1, 0.15) is 0 Å². The number of fused-ring (bicyclic) bond motifs is 1. The molecule has 1 atom stereocenters. The van der Waals surface area contributed by atoms with Crippen molar-refractivity contribution < 1.29 is 0 Å². The zero-order valence-electron chi connectivity index (χ0n) is 13.5. The summed E-state index contributed by atoms with van der Waals surface area (Å²) in [5, 5.41) is 5.06. The Bertz CT molecular complexity index is 575. The average molecular weight is 285 g/mol. The van der Waals surface area contributed by atoms with E-state index in [1.165, 1.54) is 48.0 Å². The molecule has 2 heterocycles. The summed E-state index contributed by atoms with van der Waals surface area (Å²) in [4.78, 5) is 2.50. The van der Waals surface area contributed by atoms with Crippen molar-refractivity contribution in [3.05, 3.63) is 35.5 Å². The molecule has 0 saturated carbocycles. The van der Waals surface area contributed by atoms with Crippen LogP contribution in [0.4, 0.5) is 0 Å². The Morgan fingerprint density at radius 3 is 2.76 bits per heavy atom. The summed E-state index contributed by atoms with van der Waals surface area (Å²) in [6.07, 6.45) is 4.07. The van der Waals surface area contributed by atoms with Crippen LogP contribution in [0.3, 0.4) is 0 Å². The largest absolute Gasteiger partial charge is 0.346 e. The number of aromatic nitrogens is 1. The number of rotatable bonds is 4. The Balaban J connectivity index is 1.68. The van der Waals surface area contributed by atoms with Crippen molar-refractivity contribution in [2.75, 3.05) is 20.1 Å². The van der Waals surface area contributed by atoms with E-state index in [1.807, 2.05) is 0 Å². The first kappa shape index (κ1) is 14.6. The lowest BCUT2D eigenvalue weighted by molar-refractivity contribution is 0.181. The SMILES string of the molecule is Cc1c(CNCC2CCCCN2C)n(C)c2ccccc12. The van der Waals surface area contributed by atoms with E-state index in [2.05, 4.69) is 60.1 Å². The molecule has 0 radical (unpaired) electrons. The predicted octanol–water partition coefficient (Wildman–Crippen LogP) is 3.06. The molecular formula is C18H27N3. The Hall–Kier alpha value is -1.32. The van der Waals surface area contributed by atoms with Crippen molar-refractivity contribution in [1.82, 2.24) is 14.8 Å². The van der Waals surface area contributed by atoms with E-state index in [0.717, 1.165) is 13.1 Å². The molecule has 3 heteroatoms. The van der Waals surface area contributed by atoms with Crippen LogP contribution in [0.2, 0.25) is 0 Å². The van der Waals surface area contributed by atoms with Crippen LogP contribution in [0.25, 0.3) is 10.9 Å². The van der Waals surface area contributed by atoms with Crippen LogP contribution < -0.4 is 5.32 Å². The van der Waals surface area contributed by atoms with Crippen LogP contribution in [0.5, 0.6) is 0 Å². The molecular weight excluding hydrogens is 258 g/mol. The van der Waals surface area contributed by atoms with Gasteiger partial charge >= 0.3 is 0 Å². The van der Waals surface area contributed by atoms with Crippen LogP contribution in [0.15, 0.2) is 24.3 Å². The number of hydrogen-bond acceptors (Lipinski definition) is 2. The molecule has 1 aliphatic heterocycles. The molecule has 0 aliphatic carbocycles. The van der Waals surface area contributed by atoms with Gasteiger partial charge in [0.25, 0.3) is 0 Å². The number of hydrogen-bond donors (Lipinski definition) is 1. The molecule has 21 heavy (non-hydrogen) atoms. The maximum absolute atomic E-state index is 3.68. The van der Waals surface area contributed by atoms with E-state index >= 15 is 0 Å². The van der Waals surface area contributed by atoms with E-state index in [0.29, 0.717) is 6.04 Å². The summed E-state index contributed by atoms with van der Waals surface area (Å²) in [7, 11) is 4.44. The van der Waals surface area contributed by atoms with Crippen molar-refractivity contribution >= 4 is 10.9 Å². The second-order valence-electron chi connectivity index (χ2n) is 6.41. The molecule has 1 saturated heterocycles. The molecule has 1 N–H and O–H groups in total. The van der Waals surface area contributed by atoms with E-state index in [1.54, 1.807) is 0 Å². The number of nitrogens with one attached hydrogen (secondary N) is 1. The Labute approximate surface area is 127 Å². The number of likely N-dealkylation sites (N-methyl/N-ethyl adjacent to an activating group) is 1. The zero-order chi connectivity index (χ0) is 14.8. The van der Waals surface area contributed by atoms with Gasteiger partial charge in [0.2, 0.25) is 0 Å². The fourth-order valence-corrected chi connectivity index (χ4v) is 3.65. The lowest BCUT2D eigenvalue weighted by Crippen LogP contribution is -2.43. The molecule has 0 bridgehead atoms. The molecule has 2 aromatic rings. The van der Waals surface area contributed by atoms with E-state index in [4.69, 9.17) is 0 Å². The Morgan fingerprint density at radius 1 is 1.19 bits per heavy atom. The third-order valence-corrected chi connectivity index (χ3v) is 5.10. The van der Waals surface area contributed by atoms with Gasteiger partial charge in [0.15, 0.2) is 0 Å². The fourth-order valence-electron chi connectivity index (χ4n) is 3.65. The first-order valence-electron chi connectivity index (χ1n) is 8.12. The van der Waals surface area contributed by atoms with Crippen LogP contribution in [-0.2, 0) is 13.6 Å². The first-order valence-corrected chi connectivity index (χ1v) is 8.12. The number of piperidine rings is 1. The third-order valence-electron chi connectivity index (χ3n) is 5.10.